The smallest absolute Gasteiger partial charge is 0.416 e. The number of pyridine rings is 1. The Bertz CT molecular complexity index is 1240. The van der Waals surface area contributed by atoms with Crippen LogP contribution in [0, 0.1) is 12.3 Å². The van der Waals surface area contributed by atoms with E-state index in [1.54, 1.807) is 32.9 Å². The van der Waals surface area contributed by atoms with Gasteiger partial charge in [-0.25, -0.2) is 9.78 Å². The highest BCUT2D eigenvalue weighted by Crippen LogP contribution is 2.32. The second kappa shape index (κ2) is 9.93. The summed E-state index contributed by atoms with van der Waals surface area (Å²) in [6.45, 7) is 6.99. The largest absolute Gasteiger partial charge is 0.486 e. The molecule has 0 aliphatic heterocycles. The molecule has 186 valence electrons. The molecule has 1 heterocycles. The van der Waals surface area contributed by atoms with Gasteiger partial charge in [-0.1, -0.05) is 45.0 Å². The molecule has 0 fully saturated rings. The molecule has 3 rings (SSSR count). The molecule has 1 atom stereocenters. The van der Waals surface area contributed by atoms with Crippen LogP contribution in [0.4, 0.5) is 13.2 Å². The molecule has 6 nitrogen and oxygen atoms in total. The summed E-state index contributed by atoms with van der Waals surface area (Å²) >= 11 is 0. The highest BCUT2D eigenvalue weighted by Gasteiger charge is 2.36. The molecule has 0 saturated heterocycles. The molecule has 1 unspecified atom stereocenters. The van der Waals surface area contributed by atoms with E-state index in [0.717, 1.165) is 12.1 Å². The number of hydrogen-bond acceptors (Lipinski definition) is 4. The molecule has 2 N–H and O–H groups in total. The fraction of sp³-hybridized carbons (Fsp3) is 0.346. The van der Waals surface area contributed by atoms with Crippen molar-refractivity contribution < 1.29 is 32.6 Å². The number of hydrogen-bond donors (Lipinski definition) is 2. The standard InChI is InChI=1S/C26H27F3N2O4/c1-5-25(3,4)22(24(33)34)31-23(32)19-13-10-17-9-6-15(2)30-20(17)21(19)35-14-16-7-11-18(12-8-16)26(27,28)29/h6-13,22H,5,14H2,1-4H3,(H,31,32)(H,33,34). The predicted molar refractivity (Wildman–Crippen MR) is 125 cm³/mol. The lowest BCUT2D eigenvalue weighted by Gasteiger charge is -2.31. The van der Waals surface area contributed by atoms with Gasteiger partial charge in [-0.15, -0.1) is 0 Å². The third-order valence-electron chi connectivity index (χ3n) is 6.08. The second-order valence-corrected chi connectivity index (χ2v) is 9.04. The van der Waals surface area contributed by atoms with Crippen molar-refractivity contribution in [3.8, 4) is 5.75 Å². The second-order valence-electron chi connectivity index (χ2n) is 9.04. The molecular formula is C26H27F3N2O4. The molecule has 0 radical (unpaired) electrons. The van der Waals surface area contributed by atoms with Gasteiger partial charge in [-0.2, -0.15) is 13.2 Å². The molecule has 0 aliphatic carbocycles. The summed E-state index contributed by atoms with van der Waals surface area (Å²) in [5, 5.41) is 13.0. The van der Waals surface area contributed by atoms with Gasteiger partial charge in [0.05, 0.1) is 11.1 Å². The van der Waals surface area contributed by atoms with Crippen molar-refractivity contribution in [3.63, 3.8) is 0 Å². The molecule has 35 heavy (non-hydrogen) atoms. The van der Waals surface area contributed by atoms with Gasteiger partial charge in [0.1, 0.15) is 18.2 Å². The molecular weight excluding hydrogens is 461 g/mol. The Balaban J connectivity index is 1.98. The predicted octanol–water partition coefficient (Wildman–Crippen LogP) is 5.76. The van der Waals surface area contributed by atoms with Gasteiger partial charge in [0, 0.05) is 11.1 Å². The maximum atomic E-state index is 13.2. The maximum absolute atomic E-state index is 13.2. The van der Waals surface area contributed by atoms with Crippen LogP contribution in [0.15, 0.2) is 48.5 Å². The number of halogens is 3. The molecule has 9 heteroatoms. The van der Waals surface area contributed by atoms with Gasteiger partial charge in [0.2, 0.25) is 0 Å². The summed E-state index contributed by atoms with van der Waals surface area (Å²) in [5.41, 5.74) is 0.123. The molecule has 0 spiro atoms. The fourth-order valence-corrected chi connectivity index (χ4v) is 3.53. The first-order valence-corrected chi connectivity index (χ1v) is 11.1. The molecule has 0 bridgehead atoms. The Kier molecular flexibility index (Phi) is 7.38. The molecule has 0 saturated carbocycles. The van der Waals surface area contributed by atoms with Crippen LogP contribution in [-0.2, 0) is 17.6 Å². The first-order valence-electron chi connectivity index (χ1n) is 11.1. The number of carbonyl (C=O) groups is 2. The number of carboxylic acid groups (broad SMARTS) is 1. The number of nitrogens with one attached hydrogen (secondary N) is 1. The molecule has 2 aromatic carbocycles. The lowest BCUT2D eigenvalue weighted by molar-refractivity contribution is -0.142. The summed E-state index contributed by atoms with van der Waals surface area (Å²) in [5.74, 6) is -1.68. The number of nitrogens with zero attached hydrogens (tertiary/aromatic N) is 1. The van der Waals surface area contributed by atoms with Crippen molar-refractivity contribution in [2.24, 2.45) is 5.41 Å². The van der Waals surface area contributed by atoms with Crippen molar-refractivity contribution in [2.75, 3.05) is 0 Å². The van der Waals surface area contributed by atoms with E-state index in [4.69, 9.17) is 4.74 Å². The lowest BCUT2D eigenvalue weighted by Crippen LogP contribution is -2.50. The number of aryl methyl sites for hydroxylation is 1. The van der Waals surface area contributed by atoms with Gasteiger partial charge in [-0.05, 0) is 48.6 Å². The third kappa shape index (κ3) is 5.90. The third-order valence-corrected chi connectivity index (χ3v) is 6.08. The van der Waals surface area contributed by atoms with Crippen LogP contribution >= 0.6 is 0 Å². The van der Waals surface area contributed by atoms with Crippen molar-refractivity contribution in [1.29, 1.82) is 0 Å². The SMILES string of the molecule is CCC(C)(C)C(NC(=O)c1ccc2ccc(C)nc2c1OCc1ccc(C(F)(F)F)cc1)C(=O)O. The zero-order chi connectivity index (χ0) is 26.0. The van der Waals surface area contributed by atoms with E-state index in [0.29, 0.717) is 28.6 Å². The van der Waals surface area contributed by atoms with E-state index in [-0.39, 0.29) is 17.9 Å². The molecule has 1 aromatic heterocycles. The number of carbonyl (C=O) groups excluding carboxylic acids is 1. The van der Waals surface area contributed by atoms with Gasteiger partial charge < -0.3 is 15.2 Å². The minimum Gasteiger partial charge on any atom is -0.486 e. The van der Waals surface area contributed by atoms with Crippen LogP contribution in [0.25, 0.3) is 10.9 Å². The van der Waals surface area contributed by atoms with Crippen LogP contribution in [-0.4, -0.2) is 28.0 Å². The Morgan fingerprint density at radius 1 is 1.06 bits per heavy atom. The van der Waals surface area contributed by atoms with Crippen LogP contribution < -0.4 is 10.1 Å². The van der Waals surface area contributed by atoms with E-state index >= 15 is 0 Å². The van der Waals surface area contributed by atoms with E-state index < -0.39 is 35.1 Å². The summed E-state index contributed by atoms with van der Waals surface area (Å²) in [7, 11) is 0. The topological polar surface area (TPSA) is 88.5 Å². The van der Waals surface area contributed by atoms with Crippen LogP contribution in [0.2, 0.25) is 0 Å². The minimum atomic E-state index is -4.45. The summed E-state index contributed by atoms with van der Waals surface area (Å²) in [6.07, 6.45) is -3.94. The summed E-state index contributed by atoms with van der Waals surface area (Å²) in [6, 6.07) is 10.2. The first-order chi connectivity index (χ1) is 16.3. The van der Waals surface area contributed by atoms with Gasteiger partial charge in [-0.3, -0.25) is 4.79 Å². The van der Waals surface area contributed by atoms with E-state index in [1.807, 2.05) is 13.0 Å². The maximum Gasteiger partial charge on any atom is 0.416 e. The average molecular weight is 489 g/mol. The zero-order valence-electron chi connectivity index (χ0n) is 19.9. The number of carboxylic acids is 1. The van der Waals surface area contributed by atoms with Gasteiger partial charge in [0.15, 0.2) is 5.75 Å². The lowest BCUT2D eigenvalue weighted by atomic mass is 9.81. The van der Waals surface area contributed by atoms with Crippen LogP contribution in [0.5, 0.6) is 5.75 Å². The van der Waals surface area contributed by atoms with Crippen molar-refractivity contribution in [1.82, 2.24) is 10.3 Å². The molecule has 0 aliphatic rings. The van der Waals surface area contributed by atoms with Crippen molar-refractivity contribution in [3.05, 3.63) is 70.9 Å². The highest BCUT2D eigenvalue weighted by atomic mass is 19.4. The number of alkyl halides is 3. The number of rotatable bonds is 8. The van der Waals surface area contributed by atoms with Crippen molar-refractivity contribution in [2.45, 2.75) is 52.9 Å². The normalized spacial score (nSPS) is 12.9. The number of ether oxygens (including phenoxy) is 1. The molecule has 3 aromatic rings. The number of fused-ring (bicyclic) bond motifs is 1. The van der Waals surface area contributed by atoms with Crippen LogP contribution in [0.3, 0.4) is 0 Å². The Morgan fingerprint density at radius 2 is 1.69 bits per heavy atom. The fourth-order valence-electron chi connectivity index (χ4n) is 3.53. The zero-order valence-corrected chi connectivity index (χ0v) is 19.9. The van der Waals surface area contributed by atoms with Crippen LogP contribution in [0.1, 0.15) is 54.4 Å². The number of amides is 1. The Labute approximate surface area is 201 Å². The Morgan fingerprint density at radius 3 is 2.26 bits per heavy atom. The Hall–Kier alpha value is -3.62. The summed E-state index contributed by atoms with van der Waals surface area (Å²) < 4.78 is 44.5. The molecule has 1 amide bonds. The number of aromatic nitrogens is 1. The number of benzene rings is 2. The highest BCUT2D eigenvalue weighted by molar-refractivity contribution is 6.04. The number of aliphatic carboxylic acids is 1. The van der Waals surface area contributed by atoms with Crippen molar-refractivity contribution >= 4 is 22.8 Å². The summed E-state index contributed by atoms with van der Waals surface area (Å²) in [4.78, 5) is 29.6. The quantitative estimate of drug-likeness (QED) is 0.421. The van der Waals surface area contributed by atoms with Gasteiger partial charge >= 0.3 is 12.1 Å². The first kappa shape index (κ1) is 26.0. The minimum absolute atomic E-state index is 0.0839. The monoisotopic (exact) mass is 488 g/mol. The average Bonchev–Trinajstić information content (AvgIpc) is 2.80. The van der Waals surface area contributed by atoms with Gasteiger partial charge in [0.25, 0.3) is 5.91 Å². The van der Waals surface area contributed by atoms with E-state index in [9.17, 15) is 27.9 Å². The van der Waals surface area contributed by atoms with E-state index in [1.165, 1.54) is 18.2 Å². The van der Waals surface area contributed by atoms with E-state index in [2.05, 4.69) is 10.3 Å².